The van der Waals surface area contributed by atoms with E-state index >= 15 is 0 Å². The monoisotopic (exact) mass is 352 g/mol. The van der Waals surface area contributed by atoms with Gasteiger partial charge in [-0.05, 0) is 49.8 Å². The van der Waals surface area contributed by atoms with Gasteiger partial charge < -0.3 is 9.64 Å². The Labute approximate surface area is 153 Å². The summed E-state index contributed by atoms with van der Waals surface area (Å²) in [6.07, 6.45) is 6.78. The maximum absolute atomic E-state index is 5.91. The molecule has 0 unspecified atom stereocenters. The fourth-order valence-corrected chi connectivity index (χ4v) is 3.41. The molecule has 1 saturated heterocycles. The molecule has 0 bridgehead atoms. The van der Waals surface area contributed by atoms with E-state index in [9.17, 15) is 0 Å². The average molecular weight is 352 g/mol. The van der Waals surface area contributed by atoms with Crippen molar-refractivity contribution in [2.75, 3.05) is 24.6 Å². The van der Waals surface area contributed by atoms with Crippen molar-refractivity contribution in [2.24, 2.45) is 5.92 Å². The van der Waals surface area contributed by atoms with E-state index in [0.717, 1.165) is 49.5 Å². The molecule has 0 atom stereocenters. The Morgan fingerprint density at radius 1 is 1.19 bits per heavy atom. The second kappa shape index (κ2) is 7.27. The van der Waals surface area contributed by atoms with Gasteiger partial charge in [-0.2, -0.15) is 5.10 Å². The van der Waals surface area contributed by atoms with Crippen LogP contribution < -0.4 is 9.64 Å². The number of hydrogen-bond donors (Lipinski definition) is 0. The van der Waals surface area contributed by atoms with Crippen molar-refractivity contribution >= 4 is 11.5 Å². The molecule has 3 aromatic rings. The number of imidazole rings is 1. The maximum Gasteiger partial charge on any atom is 0.233 e. The first-order chi connectivity index (χ1) is 12.7. The highest BCUT2D eigenvalue weighted by atomic mass is 16.5. The summed E-state index contributed by atoms with van der Waals surface area (Å²) in [5.74, 6) is 2.19. The van der Waals surface area contributed by atoms with Gasteiger partial charge in [0.1, 0.15) is 5.82 Å². The normalized spacial score (nSPS) is 15.5. The van der Waals surface area contributed by atoms with Gasteiger partial charge in [-0.1, -0.05) is 6.92 Å². The van der Waals surface area contributed by atoms with Crippen molar-refractivity contribution in [1.29, 1.82) is 0 Å². The van der Waals surface area contributed by atoms with Crippen LogP contribution in [0.4, 0.5) is 5.82 Å². The van der Waals surface area contributed by atoms with Crippen LogP contribution in [0.2, 0.25) is 0 Å². The van der Waals surface area contributed by atoms with Crippen LogP contribution in [0.15, 0.2) is 30.6 Å². The third kappa shape index (κ3) is 3.47. The summed E-state index contributed by atoms with van der Waals surface area (Å²) in [7, 11) is 0. The second-order valence-electron chi connectivity index (χ2n) is 6.81. The van der Waals surface area contributed by atoms with Crippen LogP contribution in [0.25, 0.3) is 5.65 Å². The number of rotatable bonds is 5. The number of aromatic nitrogens is 5. The van der Waals surface area contributed by atoms with Crippen molar-refractivity contribution in [2.45, 2.75) is 33.1 Å². The van der Waals surface area contributed by atoms with Crippen molar-refractivity contribution in [3.63, 3.8) is 0 Å². The van der Waals surface area contributed by atoms with E-state index in [1.54, 1.807) is 6.20 Å². The van der Waals surface area contributed by atoms with Crippen LogP contribution >= 0.6 is 0 Å². The summed E-state index contributed by atoms with van der Waals surface area (Å²) in [5.41, 5.74) is 3.06. The Balaban J connectivity index is 1.32. The number of hydrogen-bond acceptors (Lipinski definition) is 6. The maximum atomic E-state index is 5.91. The molecule has 0 amide bonds. The first-order valence-corrected chi connectivity index (χ1v) is 9.24. The molecule has 1 fully saturated rings. The molecule has 0 radical (unpaired) electrons. The van der Waals surface area contributed by atoms with E-state index in [2.05, 4.69) is 32.1 Å². The molecule has 7 heteroatoms. The van der Waals surface area contributed by atoms with Gasteiger partial charge in [0.05, 0.1) is 12.3 Å². The molecular formula is C19H24N6O. The average Bonchev–Trinajstić information content (AvgIpc) is 3.15. The SMILES string of the molecule is CCc1cc(OCC2CCN(c3ccc4nccn4n3)CC2)nnc1C. The van der Waals surface area contributed by atoms with Gasteiger partial charge in [-0.15, -0.1) is 10.2 Å². The van der Waals surface area contributed by atoms with Crippen LogP contribution in [0.3, 0.4) is 0 Å². The molecule has 4 rings (SSSR count). The zero-order valence-electron chi connectivity index (χ0n) is 15.3. The van der Waals surface area contributed by atoms with Gasteiger partial charge in [0.15, 0.2) is 5.65 Å². The number of anilines is 1. The molecule has 3 aromatic heterocycles. The molecule has 0 N–H and O–H groups in total. The molecule has 0 aromatic carbocycles. The minimum atomic E-state index is 0.538. The van der Waals surface area contributed by atoms with Crippen LogP contribution in [0, 0.1) is 12.8 Å². The first kappa shape index (κ1) is 16.8. The molecule has 4 heterocycles. The third-order valence-corrected chi connectivity index (χ3v) is 5.09. The fourth-order valence-electron chi connectivity index (χ4n) is 3.41. The summed E-state index contributed by atoms with van der Waals surface area (Å²) in [4.78, 5) is 6.57. The lowest BCUT2D eigenvalue weighted by Crippen LogP contribution is -2.36. The Hall–Kier alpha value is -2.70. The Kier molecular flexibility index (Phi) is 4.69. The summed E-state index contributed by atoms with van der Waals surface area (Å²) >= 11 is 0. The van der Waals surface area contributed by atoms with E-state index < -0.39 is 0 Å². The molecule has 1 aliphatic heterocycles. The van der Waals surface area contributed by atoms with Crippen molar-refractivity contribution in [1.82, 2.24) is 24.8 Å². The van der Waals surface area contributed by atoms with E-state index in [1.165, 1.54) is 5.56 Å². The standard InChI is InChI=1S/C19H24N6O/c1-3-16-12-19(22-21-14(16)2)26-13-15-6-9-24(10-7-15)18-5-4-17-20-8-11-25(17)23-18/h4-5,8,11-12,15H,3,6-7,9-10,13H2,1-2H3. The van der Waals surface area contributed by atoms with Gasteiger partial charge in [-0.25, -0.2) is 9.50 Å². The molecule has 0 spiro atoms. The zero-order valence-corrected chi connectivity index (χ0v) is 15.3. The highest BCUT2D eigenvalue weighted by Crippen LogP contribution is 2.23. The predicted molar refractivity (Wildman–Crippen MR) is 99.6 cm³/mol. The molecule has 0 aliphatic carbocycles. The summed E-state index contributed by atoms with van der Waals surface area (Å²) in [5, 5.41) is 13.0. The lowest BCUT2D eigenvalue weighted by molar-refractivity contribution is 0.213. The van der Waals surface area contributed by atoms with Crippen LogP contribution in [-0.4, -0.2) is 44.5 Å². The van der Waals surface area contributed by atoms with E-state index in [4.69, 9.17) is 4.74 Å². The zero-order chi connectivity index (χ0) is 17.9. The van der Waals surface area contributed by atoms with Crippen LogP contribution in [0.5, 0.6) is 5.88 Å². The van der Waals surface area contributed by atoms with Crippen molar-refractivity contribution in [3.8, 4) is 5.88 Å². The largest absolute Gasteiger partial charge is 0.476 e. The number of nitrogens with zero attached hydrogens (tertiary/aromatic N) is 6. The molecule has 136 valence electrons. The summed E-state index contributed by atoms with van der Waals surface area (Å²) in [6, 6.07) is 6.08. The van der Waals surface area contributed by atoms with Gasteiger partial charge >= 0.3 is 0 Å². The number of piperidine rings is 1. The minimum absolute atomic E-state index is 0.538. The Bertz CT molecular complexity index is 885. The molecule has 7 nitrogen and oxygen atoms in total. The number of fused-ring (bicyclic) bond motifs is 1. The fraction of sp³-hybridized carbons (Fsp3) is 0.474. The smallest absolute Gasteiger partial charge is 0.233 e. The number of aryl methyl sites for hydroxylation is 2. The predicted octanol–water partition coefficient (Wildman–Crippen LogP) is 2.69. The van der Waals surface area contributed by atoms with E-state index in [0.29, 0.717) is 18.4 Å². The third-order valence-electron chi connectivity index (χ3n) is 5.09. The first-order valence-electron chi connectivity index (χ1n) is 9.24. The van der Waals surface area contributed by atoms with Gasteiger partial charge in [0.2, 0.25) is 5.88 Å². The number of ether oxygens (including phenoxy) is 1. The topological polar surface area (TPSA) is 68.4 Å². The van der Waals surface area contributed by atoms with Crippen molar-refractivity contribution < 1.29 is 4.74 Å². The summed E-state index contributed by atoms with van der Waals surface area (Å²) < 4.78 is 7.74. The van der Waals surface area contributed by atoms with Gasteiger partial charge in [0, 0.05) is 31.5 Å². The van der Waals surface area contributed by atoms with Crippen molar-refractivity contribution in [3.05, 3.63) is 41.9 Å². The quantitative estimate of drug-likeness (QED) is 0.703. The lowest BCUT2D eigenvalue weighted by Gasteiger charge is -2.32. The highest BCUT2D eigenvalue weighted by molar-refractivity contribution is 5.45. The second-order valence-corrected chi connectivity index (χ2v) is 6.81. The molecule has 1 aliphatic rings. The van der Waals surface area contributed by atoms with Gasteiger partial charge in [0.25, 0.3) is 0 Å². The minimum Gasteiger partial charge on any atom is -0.476 e. The van der Waals surface area contributed by atoms with Crippen LogP contribution in [-0.2, 0) is 6.42 Å². The highest BCUT2D eigenvalue weighted by Gasteiger charge is 2.21. The van der Waals surface area contributed by atoms with E-state index in [-0.39, 0.29) is 0 Å². The molecule has 26 heavy (non-hydrogen) atoms. The molecular weight excluding hydrogens is 328 g/mol. The van der Waals surface area contributed by atoms with E-state index in [1.807, 2.05) is 35.8 Å². The Morgan fingerprint density at radius 2 is 2.04 bits per heavy atom. The van der Waals surface area contributed by atoms with Crippen LogP contribution in [0.1, 0.15) is 31.0 Å². The lowest BCUT2D eigenvalue weighted by atomic mass is 9.98. The Morgan fingerprint density at radius 3 is 2.85 bits per heavy atom. The van der Waals surface area contributed by atoms with Gasteiger partial charge in [-0.3, -0.25) is 0 Å². The summed E-state index contributed by atoms with van der Waals surface area (Å²) in [6.45, 7) is 6.78. The molecule has 0 saturated carbocycles.